The number of carbonyl (C=O) groups is 2. The monoisotopic (exact) mass is 331 g/mol. The molecule has 0 spiro atoms. The van der Waals surface area contributed by atoms with Crippen LogP contribution in [0.15, 0.2) is 28.2 Å². The van der Waals surface area contributed by atoms with Gasteiger partial charge in [-0.3, -0.25) is 14.5 Å². The van der Waals surface area contributed by atoms with Crippen molar-refractivity contribution in [3.05, 3.63) is 35.3 Å². The quantitative estimate of drug-likeness (QED) is 0.848. The second kappa shape index (κ2) is 7.21. The van der Waals surface area contributed by atoms with Gasteiger partial charge in [0, 0.05) is 26.2 Å². The number of piperazine rings is 1. The summed E-state index contributed by atoms with van der Waals surface area (Å²) in [4.78, 5) is 28.8. The van der Waals surface area contributed by atoms with Gasteiger partial charge in [-0.15, -0.1) is 0 Å². The largest absolute Gasteiger partial charge is 0.465 e. The average Bonchev–Trinajstić information content (AvgIpc) is 2.96. The Kier molecular flexibility index (Phi) is 5.04. The molecule has 0 aliphatic carbocycles. The van der Waals surface area contributed by atoms with Gasteiger partial charge in [0.05, 0.1) is 19.0 Å². The van der Waals surface area contributed by atoms with E-state index in [1.54, 1.807) is 0 Å². The second-order valence-electron chi connectivity index (χ2n) is 6.63. The molecule has 1 fully saturated rings. The Hall–Kier alpha value is -2.08. The Labute approximate surface area is 142 Å². The molecule has 3 heterocycles. The van der Waals surface area contributed by atoms with Crippen LogP contribution in [-0.4, -0.2) is 53.8 Å². The maximum atomic E-state index is 12.6. The number of hydrogen-bond acceptors (Lipinski definition) is 4. The third-order valence-electron chi connectivity index (χ3n) is 4.75. The van der Waals surface area contributed by atoms with E-state index in [9.17, 15) is 9.59 Å². The highest BCUT2D eigenvalue weighted by atomic mass is 16.3. The molecule has 6 heteroatoms. The molecule has 1 saturated heterocycles. The molecule has 0 bridgehead atoms. The summed E-state index contributed by atoms with van der Waals surface area (Å²) in [5, 5.41) is 2.87. The summed E-state index contributed by atoms with van der Waals surface area (Å²) in [6.45, 7) is 7.27. The van der Waals surface area contributed by atoms with Crippen molar-refractivity contribution in [3.8, 4) is 0 Å². The summed E-state index contributed by atoms with van der Waals surface area (Å²) in [6, 6.07) is 3.42. The summed E-state index contributed by atoms with van der Waals surface area (Å²) in [5.74, 6) is 1.66. The molecule has 1 aromatic heterocycles. The molecule has 2 aliphatic rings. The van der Waals surface area contributed by atoms with E-state index in [1.165, 1.54) is 5.57 Å². The average molecular weight is 331 g/mol. The number of hydrogen-bond donors (Lipinski definition) is 1. The number of nitrogens with zero attached hydrogens (tertiary/aromatic N) is 2. The first-order valence-electron chi connectivity index (χ1n) is 8.53. The molecule has 2 aliphatic heterocycles. The summed E-state index contributed by atoms with van der Waals surface area (Å²) in [6.07, 6.45) is 3.22. The van der Waals surface area contributed by atoms with Crippen molar-refractivity contribution in [3.63, 3.8) is 0 Å². The van der Waals surface area contributed by atoms with Gasteiger partial charge < -0.3 is 14.6 Å². The number of amides is 2. The van der Waals surface area contributed by atoms with E-state index in [0.29, 0.717) is 19.6 Å². The fourth-order valence-electron chi connectivity index (χ4n) is 3.24. The molecule has 6 nitrogen and oxygen atoms in total. The minimum Gasteiger partial charge on any atom is -0.465 e. The van der Waals surface area contributed by atoms with Crippen LogP contribution in [-0.2, 0) is 16.1 Å². The summed E-state index contributed by atoms with van der Waals surface area (Å²) in [5.41, 5.74) is 1.32. The van der Waals surface area contributed by atoms with Crippen molar-refractivity contribution in [1.29, 1.82) is 0 Å². The smallest absolute Gasteiger partial charge is 0.237 e. The lowest BCUT2D eigenvalue weighted by atomic mass is 10.1. The van der Waals surface area contributed by atoms with Crippen LogP contribution in [0.2, 0.25) is 0 Å². The third-order valence-corrected chi connectivity index (χ3v) is 4.75. The van der Waals surface area contributed by atoms with Crippen LogP contribution in [0.5, 0.6) is 0 Å². The molecule has 0 aromatic carbocycles. The summed E-state index contributed by atoms with van der Waals surface area (Å²) < 4.78 is 5.63. The van der Waals surface area contributed by atoms with Crippen molar-refractivity contribution < 1.29 is 14.0 Å². The zero-order valence-corrected chi connectivity index (χ0v) is 14.4. The molecule has 1 aromatic rings. The van der Waals surface area contributed by atoms with Crippen LogP contribution >= 0.6 is 0 Å². The molecule has 3 rings (SSSR count). The highest BCUT2D eigenvalue weighted by molar-refractivity contribution is 5.89. The highest BCUT2D eigenvalue weighted by Crippen LogP contribution is 2.18. The molecular weight excluding hydrogens is 306 g/mol. The van der Waals surface area contributed by atoms with Crippen molar-refractivity contribution in [2.75, 3.05) is 26.2 Å². The minimum atomic E-state index is -0.427. The molecular formula is C18H25N3O3. The Balaban J connectivity index is 1.65. The van der Waals surface area contributed by atoms with E-state index < -0.39 is 6.04 Å². The van der Waals surface area contributed by atoms with Crippen LogP contribution in [0.4, 0.5) is 0 Å². The van der Waals surface area contributed by atoms with Crippen molar-refractivity contribution >= 4 is 11.8 Å². The first kappa shape index (κ1) is 16.8. The molecule has 0 unspecified atom stereocenters. The van der Waals surface area contributed by atoms with Gasteiger partial charge in [-0.05, 0) is 32.4 Å². The van der Waals surface area contributed by atoms with Gasteiger partial charge in [0.25, 0.3) is 0 Å². The number of aryl methyl sites for hydroxylation is 1. The van der Waals surface area contributed by atoms with Crippen molar-refractivity contribution in [2.24, 2.45) is 0 Å². The van der Waals surface area contributed by atoms with Gasteiger partial charge in [0.15, 0.2) is 0 Å². The van der Waals surface area contributed by atoms with E-state index in [0.717, 1.165) is 31.0 Å². The van der Waals surface area contributed by atoms with Gasteiger partial charge in [0.1, 0.15) is 11.5 Å². The van der Waals surface area contributed by atoms with Gasteiger partial charge in [-0.25, -0.2) is 0 Å². The maximum Gasteiger partial charge on any atom is 0.237 e. The molecule has 2 amide bonds. The van der Waals surface area contributed by atoms with Crippen LogP contribution in [0, 0.1) is 6.92 Å². The molecule has 130 valence electrons. The Morgan fingerprint density at radius 1 is 1.33 bits per heavy atom. The lowest BCUT2D eigenvalue weighted by Gasteiger charge is -2.35. The first-order valence-corrected chi connectivity index (χ1v) is 8.53. The van der Waals surface area contributed by atoms with Crippen LogP contribution < -0.4 is 5.32 Å². The van der Waals surface area contributed by atoms with E-state index in [2.05, 4.69) is 18.3 Å². The zero-order valence-electron chi connectivity index (χ0n) is 14.4. The lowest BCUT2D eigenvalue weighted by molar-refractivity contribution is -0.139. The maximum absolute atomic E-state index is 12.6. The van der Waals surface area contributed by atoms with E-state index in [4.69, 9.17) is 4.42 Å². The SMILES string of the molecule is CC1=CCN(C(=O)C[C@@H]2C(=O)NCCN2Cc2ccc(C)o2)CC1. The Morgan fingerprint density at radius 3 is 2.83 bits per heavy atom. The standard InChI is InChI=1S/C18H25N3O3/c1-13-5-8-20(9-6-13)17(22)11-16-18(23)19-7-10-21(16)12-15-4-3-14(2)24-15/h3-5,16H,6-12H2,1-2H3,(H,19,23)/t16-/m1/s1. The molecule has 0 radical (unpaired) electrons. The number of furan rings is 1. The van der Waals surface area contributed by atoms with Gasteiger partial charge in [0.2, 0.25) is 11.8 Å². The number of rotatable bonds is 4. The van der Waals surface area contributed by atoms with Crippen LogP contribution in [0.1, 0.15) is 31.3 Å². The molecule has 0 saturated carbocycles. The summed E-state index contributed by atoms with van der Waals surface area (Å²) >= 11 is 0. The Bertz CT molecular complexity index is 650. The fourth-order valence-corrected chi connectivity index (χ4v) is 3.24. The van der Waals surface area contributed by atoms with Crippen molar-refractivity contribution in [1.82, 2.24) is 15.1 Å². The number of carbonyl (C=O) groups excluding carboxylic acids is 2. The minimum absolute atomic E-state index is 0.0430. The molecule has 1 atom stereocenters. The fraction of sp³-hybridized carbons (Fsp3) is 0.556. The van der Waals surface area contributed by atoms with Gasteiger partial charge in [-0.2, -0.15) is 0 Å². The zero-order chi connectivity index (χ0) is 17.1. The number of nitrogens with one attached hydrogen (secondary N) is 1. The van der Waals surface area contributed by atoms with Gasteiger partial charge in [-0.1, -0.05) is 11.6 Å². The molecule has 1 N–H and O–H groups in total. The van der Waals surface area contributed by atoms with Gasteiger partial charge >= 0.3 is 0 Å². The topological polar surface area (TPSA) is 65.8 Å². The third kappa shape index (κ3) is 3.87. The predicted molar refractivity (Wildman–Crippen MR) is 90.2 cm³/mol. The van der Waals surface area contributed by atoms with E-state index in [-0.39, 0.29) is 18.2 Å². The lowest BCUT2D eigenvalue weighted by Crippen LogP contribution is -2.56. The van der Waals surface area contributed by atoms with E-state index >= 15 is 0 Å². The second-order valence-corrected chi connectivity index (χ2v) is 6.63. The highest BCUT2D eigenvalue weighted by Gasteiger charge is 2.33. The summed E-state index contributed by atoms with van der Waals surface area (Å²) in [7, 11) is 0. The normalized spacial score (nSPS) is 22.2. The van der Waals surface area contributed by atoms with Crippen LogP contribution in [0.3, 0.4) is 0 Å². The van der Waals surface area contributed by atoms with E-state index in [1.807, 2.05) is 28.9 Å². The van der Waals surface area contributed by atoms with Crippen LogP contribution in [0.25, 0.3) is 0 Å². The van der Waals surface area contributed by atoms with Crippen molar-refractivity contribution in [2.45, 2.75) is 39.3 Å². The Morgan fingerprint density at radius 2 is 2.17 bits per heavy atom. The predicted octanol–water partition coefficient (Wildman–Crippen LogP) is 1.46. The molecule has 24 heavy (non-hydrogen) atoms. The first-order chi connectivity index (χ1) is 11.5.